The summed E-state index contributed by atoms with van der Waals surface area (Å²) in [5.74, 6) is 0.604. The molecule has 0 spiro atoms. The maximum Gasteiger partial charge on any atom is 0.213 e. The Morgan fingerprint density at radius 3 is 2.48 bits per heavy atom. The van der Waals surface area contributed by atoms with Crippen LogP contribution < -0.4 is 4.74 Å². The molecule has 2 aliphatic heterocycles. The van der Waals surface area contributed by atoms with Crippen LogP contribution in [-0.4, -0.2) is 10.7 Å². The highest BCUT2D eigenvalue weighted by Gasteiger charge is 2.40. The van der Waals surface area contributed by atoms with Gasteiger partial charge in [0.25, 0.3) is 0 Å². The van der Waals surface area contributed by atoms with Crippen molar-refractivity contribution in [2.45, 2.75) is 18.7 Å². The van der Waals surface area contributed by atoms with Crippen LogP contribution in [0.2, 0.25) is 0 Å². The number of hydrogen-bond acceptors (Lipinski definition) is 3. The van der Waals surface area contributed by atoms with E-state index in [-0.39, 0.29) is 18.1 Å². The summed E-state index contributed by atoms with van der Waals surface area (Å²) >= 11 is 3.48. The van der Waals surface area contributed by atoms with E-state index in [1.54, 1.807) is 12.1 Å². The first-order valence-electron chi connectivity index (χ1n) is 8.82. The van der Waals surface area contributed by atoms with Crippen molar-refractivity contribution >= 4 is 21.6 Å². The predicted molar refractivity (Wildman–Crippen MR) is 106 cm³/mol. The van der Waals surface area contributed by atoms with Crippen molar-refractivity contribution in [3.63, 3.8) is 0 Å². The van der Waals surface area contributed by atoms with Gasteiger partial charge in [0.15, 0.2) is 0 Å². The van der Waals surface area contributed by atoms with Gasteiger partial charge in [-0.3, -0.25) is 0 Å². The molecular formula is C22H16BrFN2O. The first kappa shape index (κ1) is 16.5. The monoisotopic (exact) mass is 422 g/mol. The minimum Gasteiger partial charge on any atom is -0.464 e. The summed E-state index contributed by atoms with van der Waals surface area (Å²) in [4.78, 5) is 0. The van der Waals surface area contributed by atoms with Gasteiger partial charge in [-0.05, 0) is 35.9 Å². The molecule has 0 fully saturated rings. The SMILES string of the molecule is Fc1ccc([C@H]2Oc3ccccc3[C@H]3CC(c4ccc(Br)cc4)=NN32)cc1. The highest BCUT2D eigenvalue weighted by molar-refractivity contribution is 9.10. The number of halogens is 2. The number of hydrazone groups is 1. The van der Waals surface area contributed by atoms with E-state index in [0.29, 0.717) is 0 Å². The van der Waals surface area contributed by atoms with E-state index in [1.165, 1.54) is 12.1 Å². The molecule has 0 radical (unpaired) electrons. The van der Waals surface area contributed by atoms with Gasteiger partial charge in [-0.1, -0.05) is 58.4 Å². The van der Waals surface area contributed by atoms with Crippen LogP contribution >= 0.6 is 15.9 Å². The Bertz CT molecular complexity index is 1020. The molecular weight excluding hydrogens is 407 g/mol. The zero-order valence-electron chi connectivity index (χ0n) is 14.3. The largest absolute Gasteiger partial charge is 0.464 e. The zero-order chi connectivity index (χ0) is 18.4. The van der Waals surface area contributed by atoms with Gasteiger partial charge < -0.3 is 4.74 Å². The Balaban J connectivity index is 1.58. The Labute approximate surface area is 165 Å². The Morgan fingerprint density at radius 1 is 0.963 bits per heavy atom. The third-order valence-electron chi connectivity index (χ3n) is 5.03. The van der Waals surface area contributed by atoms with E-state index in [0.717, 1.165) is 39.0 Å². The standard InChI is InChI=1S/C22H16BrFN2O/c23-16-9-5-14(6-10-16)19-13-20-18-3-1-2-4-21(18)27-22(26(20)25-19)15-7-11-17(24)12-8-15/h1-12,20,22H,13H2/t20-,22-/m1/s1. The summed E-state index contributed by atoms with van der Waals surface area (Å²) in [6.07, 6.45) is 0.429. The highest BCUT2D eigenvalue weighted by atomic mass is 79.9. The fourth-order valence-corrected chi connectivity index (χ4v) is 3.96. The molecule has 0 aliphatic carbocycles. The first-order chi connectivity index (χ1) is 13.2. The van der Waals surface area contributed by atoms with E-state index < -0.39 is 0 Å². The van der Waals surface area contributed by atoms with Crippen molar-refractivity contribution in [1.82, 2.24) is 5.01 Å². The molecule has 2 aliphatic rings. The molecule has 0 saturated carbocycles. The third-order valence-corrected chi connectivity index (χ3v) is 5.56. The molecule has 2 heterocycles. The molecule has 3 nitrogen and oxygen atoms in total. The summed E-state index contributed by atoms with van der Waals surface area (Å²) in [5, 5.41) is 6.91. The van der Waals surface area contributed by atoms with Gasteiger partial charge in [-0.15, -0.1) is 0 Å². The fourth-order valence-electron chi connectivity index (χ4n) is 3.70. The summed E-state index contributed by atoms with van der Waals surface area (Å²) < 4.78 is 20.7. The van der Waals surface area contributed by atoms with E-state index in [2.05, 4.69) is 34.1 Å². The van der Waals surface area contributed by atoms with Crippen molar-refractivity contribution in [3.8, 4) is 5.75 Å². The van der Waals surface area contributed by atoms with Gasteiger partial charge in [0.1, 0.15) is 11.6 Å². The summed E-state index contributed by atoms with van der Waals surface area (Å²) in [6, 6.07) is 22.8. The van der Waals surface area contributed by atoms with Crippen LogP contribution in [0.5, 0.6) is 5.75 Å². The van der Waals surface area contributed by atoms with Crippen molar-refractivity contribution in [2.75, 3.05) is 0 Å². The lowest BCUT2D eigenvalue weighted by atomic mass is 9.96. The van der Waals surface area contributed by atoms with Crippen molar-refractivity contribution in [2.24, 2.45) is 5.10 Å². The van der Waals surface area contributed by atoms with Gasteiger partial charge in [0.2, 0.25) is 6.23 Å². The van der Waals surface area contributed by atoms with Crippen LogP contribution in [0.25, 0.3) is 0 Å². The van der Waals surface area contributed by atoms with Gasteiger partial charge >= 0.3 is 0 Å². The molecule has 0 amide bonds. The minimum atomic E-state index is -0.376. The van der Waals surface area contributed by atoms with Crippen LogP contribution in [0.4, 0.5) is 4.39 Å². The summed E-state index contributed by atoms with van der Waals surface area (Å²) in [7, 11) is 0. The smallest absolute Gasteiger partial charge is 0.213 e. The number of ether oxygens (including phenoxy) is 1. The Hall–Kier alpha value is -2.66. The van der Waals surface area contributed by atoms with Crippen molar-refractivity contribution in [3.05, 3.63) is 99.8 Å². The molecule has 27 heavy (non-hydrogen) atoms. The van der Waals surface area contributed by atoms with Gasteiger partial charge in [-0.25, -0.2) is 9.40 Å². The molecule has 0 saturated heterocycles. The molecule has 5 heteroatoms. The predicted octanol–water partition coefficient (Wildman–Crippen LogP) is 5.83. The van der Waals surface area contributed by atoms with Crippen LogP contribution in [-0.2, 0) is 0 Å². The Kier molecular flexibility index (Phi) is 3.97. The fraction of sp³-hybridized carbons (Fsp3) is 0.136. The van der Waals surface area contributed by atoms with Crippen LogP contribution in [0, 0.1) is 5.82 Å². The topological polar surface area (TPSA) is 24.8 Å². The van der Waals surface area contributed by atoms with Crippen LogP contribution in [0.15, 0.2) is 82.4 Å². The van der Waals surface area contributed by atoms with Gasteiger partial charge in [0.05, 0.1) is 11.8 Å². The Morgan fingerprint density at radius 2 is 1.70 bits per heavy atom. The van der Waals surface area contributed by atoms with E-state index in [1.807, 2.05) is 35.3 Å². The quantitative estimate of drug-likeness (QED) is 0.518. The molecule has 3 aromatic rings. The van der Waals surface area contributed by atoms with Crippen LogP contribution in [0.1, 0.15) is 35.4 Å². The number of para-hydroxylation sites is 1. The maximum absolute atomic E-state index is 13.4. The molecule has 2 atom stereocenters. The number of benzene rings is 3. The first-order valence-corrected chi connectivity index (χ1v) is 9.61. The minimum absolute atomic E-state index is 0.101. The highest BCUT2D eigenvalue weighted by Crippen LogP contribution is 2.47. The summed E-state index contributed by atoms with van der Waals surface area (Å²) in [6.45, 7) is 0. The number of fused-ring (bicyclic) bond motifs is 3. The molecule has 5 rings (SSSR count). The van der Waals surface area contributed by atoms with Crippen molar-refractivity contribution < 1.29 is 9.13 Å². The van der Waals surface area contributed by atoms with Gasteiger partial charge in [-0.2, -0.15) is 5.10 Å². The lowest BCUT2D eigenvalue weighted by Gasteiger charge is -2.38. The molecule has 0 bridgehead atoms. The van der Waals surface area contributed by atoms with Crippen LogP contribution in [0.3, 0.4) is 0 Å². The maximum atomic E-state index is 13.4. The second kappa shape index (κ2) is 6.50. The second-order valence-electron chi connectivity index (χ2n) is 6.71. The van der Waals surface area contributed by atoms with E-state index in [4.69, 9.17) is 9.84 Å². The number of rotatable bonds is 2. The third kappa shape index (κ3) is 2.92. The van der Waals surface area contributed by atoms with Crippen molar-refractivity contribution in [1.29, 1.82) is 0 Å². The molecule has 0 N–H and O–H groups in total. The van der Waals surface area contributed by atoms with Gasteiger partial charge in [0, 0.05) is 22.0 Å². The lowest BCUT2D eigenvalue weighted by Crippen LogP contribution is -2.33. The average Bonchev–Trinajstić information content (AvgIpc) is 3.14. The molecule has 0 unspecified atom stereocenters. The van der Waals surface area contributed by atoms with E-state index >= 15 is 0 Å². The normalized spacial score (nSPS) is 20.5. The molecule has 0 aromatic heterocycles. The second-order valence-corrected chi connectivity index (χ2v) is 7.63. The average molecular weight is 423 g/mol. The molecule has 3 aromatic carbocycles. The lowest BCUT2D eigenvalue weighted by molar-refractivity contribution is -0.0190. The summed E-state index contributed by atoms with van der Waals surface area (Å²) in [5.41, 5.74) is 4.14. The van der Waals surface area contributed by atoms with E-state index in [9.17, 15) is 4.39 Å². The number of hydrogen-bond donors (Lipinski definition) is 0. The zero-order valence-corrected chi connectivity index (χ0v) is 15.9. The molecule has 134 valence electrons. The number of nitrogens with zero attached hydrogens (tertiary/aromatic N) is 2.